The molecule has 1 N–H and O–H groups in total. The molecule has 0 amide bonds. The first-order chi connectivity index (χ1) is 10.0. The lowest BCUT2D eigenvalue weighted by molar-refractivity contribution is 0.749. The van der Waals surface area contributed by atoms with Crippen molar-refractivity contribution >= 4 is 34.6 Å². The van der Waals surface area contributed by atoms with E-state index in [9.17, 15) is 0 Å². The van der Waals surface area contributed by atoms with Crippen LogP contribution in [0.15, 0.2) is 42.5 Å². The first-order valence-corrected chi connectivity index (χ1v) is 7.75. The zero-order valence-electron chi connectivity index (χ0n) is 12.5. The highest BCUT2D eigenvalue weighted by molar-refractivity contribution is 6.42. The van der Waals surface area contributed by atoms with Gasteiger partial charge in [-0.3, -0.25) is 0 Å². The third-order valence-corrected chi connectivity index (χ3v) is 4.20. The second-order valence-electron chi connectivity index (χ2n) is 5.22. The number of hydrogen-bond donors (Lipinski definition) is 1. The molecule has 4 heteroatoms. The Bertz CT molecular complexity index is 611. The number of halogens is 2. The lowest BCUT2D eigenvalue weighted by atomic mass is 10.0. The zero-order chi connectivity index (χ0) is 15.4. The minimum atomic E-state index is 0.206. The van der Waals surface area contributed by atoms with Crippen LogP contribution in [0.25, 0.3) is 0 Å². The van der Waals surface area contributed by atoms with Gasteiger partial charge in [-0.25, -0.2) is 0 Å². The Morgan fingerprint density at radius 1 is 1.05 bits per heavy atom. The topological polar surface area (TPSA) is 15.3 Å². The molecule has 2 aromatic carbocycles. The summed E-state index contributed by atoms with van der Waals surface area (Å²) < 4.78 is 0. The number of nitrogens with zero attached hydrogens (tertiary/aromatic N) is 1. The maximum Gasteiger partial charge on any atom is 0.0595 e. The summed E-state index contributed by atoms with van der Waals surface area (Å²) in [5.74, 6) is 0. The van der Waals surface area contributed by atoms with Gasteiger partial charge in [0.25, 0.3) is 0 Å². The van der Waals surface area contributed by atoms with Crippen molar-refractivity contribution < 1.29 is 0 Å². The highest BCUT2D eigenvalue weighted by atomic mass is 35.5. The summed E-state index contributed by atoms with van der Waals surface area (Å²) >= 11 is 12.1. The fraction of sp³-hybridized carbons (Fsp3) is 0.294. The molecule has 0 bridgehead atoms. The second-order valence-corrected chi connectivity index (χ2v) is 6.04. The van der Waals surface area contributed by atoms with Crippen LogP contribution >= 0.6 is 23.2 Å². The molecule has 0 saturated carbocycles. The second kappa shape index (κ2) is 7.06. The molecule has 0 saturated heterocycles. The monoisotopic (exact) mass is 322 g/mol. The summed E-state index contributed by atoms with van der Waals surface area (Å²) in [6, 6.07) is 14.4. The molecule has 0 heterocycles. The quantitative estimate of drug-likeness (QED) is 0.768. The van der Waals surface area contributed by atoms with Crippen LogP contribution in [0.1, 0.15) is 24.9 Å². The summed E-state index contributed by atoms with van der Waals surface area (Å²) in [6.45, 7) is 2.15. The minimum absolute atomic E-state index is 0.206. The zero-order valence-corrected chi connectivity index (χ0v) is 14.0. The maximum atomic E-state index is 6.12. The van der Waals surface area contributed by atoms with Crippen molar-refractivity contribution in [3.63, 3.8) is 0 Å². The van der Waals surface area contributed by atoms with Gasteiger partial charge in [-0.15, -0.1) is 0 Å². The highest BCUT2D eigenvalue weighted by Gasteiger charge is 2.11. The summed E-state index contributed by atoms with van der Waals surface area (Å²) in [7, 11) is 4.07. The van der Waals surface area contributed by atoms with Crippen molar-refractivity contribution in [3.8, 4) is 0 Å². The molecule has 0 fully saturated rings. The van der Waals surface area contributed by atoms with E-state index in [1.54, 1.807) is 0 Å². The predicted octanol–water partition coefficient (Wildman–Crippen LogP) is 5.62. The molecule has 0 radical (unpaired) electrons. The summed E-state index contributed by atoms with van der Waals surface area (Å²) in [4.78, 5) is 2.09. The van der Waals surface area contributed by atoms with Crippen LogP contribution in [-0.4, -0.2) is 14.1 Å². The fourth-order valence-electron chi connectivity index (χ4n) is 2.23. The molecule has 0 aliphatic heterocycles. The van der Waals surface area contributed by atoms with E-state index in [0.717, 1.165) is 17.7 Å². The standard InChI is InChI=1S/C17H20Cl2N2/c1-4-17(12-8-9-15(18)16(19)10-12)20-13-6-5-7-14(11-13)21(2)3/h5-11,17,20H,4H2,1-3H3. The van der Waals surface area contributed by atoms with Crippen LogP contribution in [0, 0.1) is 0 Å². The Labute approximate surface area is 136 Å². The van der Waals surface area contributed by atoms with Crippen molar-refractivity contribution in [3.05, 3.63) is 58.1 Å². The molecule has 1 atom stereocenters. The van der Waals surface area contributed by atoms with Crippen molar-refractivity contribution in [2.45, 2.75) is 19.4 Å². The molecule has 0 aliphatic carbocycles. The van der Waals surface area contributed by atoms with E-state index in [1.165, 1.54) is 5.69 Å². The highest BCUT2D eigenvalue weighted by Crippen LogP contribution is 2.29. The normalized spacial score (nSPS) is 12.0. The molecule has 2 rings (SSSR count). The van der Waals surface area contributed by atoms with Gasteiger partial charge in [0.15, 0.2) is 0 Å². The molecular formula is C17H20Cl2N2. The smallest absolute Gasteiger partial charge is 0.0595 e. The largest absolute Gasteiger partial charge is 0.378 e. The van der Waals surface area contributed by atoms with Crippen LogP contribution in [0.3, 0.4) is 0 Å². The van der Waals surface area contributed by atoms with Gasteiger partial charge in [-0.1, -0.05) is 42.3 Å². The Hall–Kier alpha value is -1.38. The molecule has 2 nitrogen and oxygen atoms in total. The van der Waals surface area contributed by atoms with Crippen LogP contribution < -0.4 is 10.2 Å². The van der Waals surface area contributed by atoms with Gasteiger partial charge in [0.1, 0.15) is 0 Å². The molecule has 112 valence electrons. The van der Waals surface area contributed by atoms with Gasteiger partial charge in [0.2, 0.25) is 0 Å². The van der Waals surface area contributed by atoms with Crippen LogP contribution in [-0.2, 0) is 0 Å². The van der Waals surface area contributed by atoms with E-state index >= 15 is 0 Å². The van der Waals surface area contributed by atoms with Crippen LogP contribution in [0.2, 0.25) is 10.0 Å². The third kappa shape index (κ3) is 4.05. The molecule has 21 heavy (non-hydrogen) atoms. The minimum Gasteiger partial charge on any atom is -0.378 e. The summed E-state index contributed by atoms with van der Waals surface area (Å²) in [5, 5.41) is 4.74. The predicted molar refractivity (Wildman–Crippen MR) is 93.9 cm³/mol. The number of anilines is 2. The van der Waals surface area contributed by atoms with E-state index in [0.29, 0.717) is 10.0 Å². The van der Waals surface area contributed by atoms with E-state index in [-0.39, 0.29) is 6.04 Å². The summed E-state index contributed by atoms with van der Waals surface area (Å²) in [5.41, 5.74) is 3.41. The maximum absolute atomic E-state index is 6.12. The molecule has 0 spiro atoms. The number of hydrogen-bond acceptors (Lipinski definition) is 2. The Kier molecular flexibility index (Phi) is 5.38. The fourth-order valence-corrected chi connectivity index (χ4v) is 2.53. The summed E-state index contributed by atoms with van der Waals surface area (Å²) in [6.07, 6.45) is 0.962. The van der Waals surface area contributed by atoms with Gasteiger partial charge >= 0.3 is 0 Å². The molecule has 0 aliphatic rings. The van der Waals surface area contributed by atoms with Crippen LogP contribution in [0.4, 0.5) is 11.4 Å². The van der Waals surface area contributed by atoms with E-state index in [1.807, 2.05) is 32.3 Å². The Morgan fingerprint density at radius 3 is 2.43 bits per heavy atom. The van der Waals surface area contributed by atoms with E-state index < -0.39 is 0 Å². The van der Waals surface area contributed by atoms with Gasteiger partial charge < -0.3 is 10.2 Å². The van der Waals surface area contributed by atoms with E-state index in [4.69, 9.17) is 23.2 Å². The van der Waals surface area contributed by atoms with Crippen molar-refractivity contribution in [1.82, 2.24) is 0 Å². The molecule has 0 aromatic heterocycles. The molecular weight excluding hydrogens is 303 g/mol. The SMILES string of the molecule is CCC(Nc1cccc(N(C)C)c1)c1ccc(Cl)c(Cl)c1. The first kappa shape index (κ1) is 16.0. The first-order valence-electron chi connectivity index (χ1n) is 7.00. The van der Waals surface area contributed by atoms with Gasteiger partial charge in [-0.2, -0.15) is 0 Å². The molecule has 1 unspecified atom stereocenters. The molecule has 2 aromatic rings. The average Bonchev–Trinajstić information content (AvgIpc) is 2.48. The average molecular weight is 323 g/mol. The van der Waals surface area contributed by atoms with Crippen LogP contribution in [0.5, 0.6) is 0 Å². The van der Waals surface area contributed by atoms with E-state index in [2.05, 4.69) is 41.4 Å². The third-order valence-electron chi connectivity index (χ3n) is 3.46. The van der Waals surface area contributed by atoms with Gasteiger partial charge in [-0.05, 0) is 42.3 Å². The van der Waals surface area contributed by atoms with Crippen molar-refractivity contribution in [2.24, 2.45) is 0 Å². The van der Waals surface area contributed by atoms with Crippen molar-refractivity contribution in [1.29, 1.82) is 0 Å². The number of rotatable bonds is 5. The van der Waals surface area contributed by atoms with Crippen molar-refractivity contribution in [2.75, 3.05) is 24.3 Å². The van der Waals surface area contributed by atoms with Gasteiger partial charge in [0, 0.05) is 25.5 Å². The Morgan fingerprint density at radius 2 is 1.81 bits per heavy atom. The van der Waals surface area contributed by atoms with Gasteiger partial charge in [0.05, 0.1) is 16.1 Å². The lowest BCUT2D eigenvalue weighted by Gasteiger charge is -2.21. The number of nitrogens with one attached hydrogen (secondary N) is 1. The number of benzene rings is 2. The lowest BCUT2D eigenvalue weighted by Crippen LogP contribution is -2.12. The Balaban J connectivity index is 2.22.